The van der Waals surface area contributed by atoms with Gasteiger partial charge in [0.05, 0.1) is 0 Å². The third-order valence-electron chi connectivity index (χ3n) is 4.31. The van der Waals surface area contributed by atoms with Gasteiger partial charge in [-0.05, 0) is 44.2 Å². The van der Waals surface area contributed by atoms with Gasteiger partial charge in [0.2, 0.25) is 0 Å². The molecule has 1 aliphatic rings. The minimum Gasteiger partial charge on any atom is -0.366 e. The van der Waals surface area contributed by atoms with Crippen molar-refractivity contribution in [1.29, 1.82) is 0 Å². The fourth-order valence-electron chi connectivity index (χ4n) is 3.16. The molecule has 3 atom stereocenters. The molecule has 1 aromatic carbocycles. The molecule has 1 aliphatic heterocycles. The van der Waals surface area contributed by atoms with Crippen LogP contribution in [0.4, 0.5) is 5.69 Å². The Morgan fingerprint density at radius 3 is 2.67 bits per heavy atom. The summed E-state index contributed by atoms with van der Waals surface area (Å²) in [7, 11) is 0. The molecule has 2 unspecified atom stereocenters. The van der Waals surface area contributed by atoms with Gasteiger partial charge in [0.15, 0.2) is 0 Å². The van der Waals surface area contributed by atoms with E-state index in [0.29, 0.717) is 12.1 Å². The Kier molecular flexibility index (Phi) is 4.28. The molecule has 0 saturated carbocycles. The highest BCUT2D eigenvalue weighted by Crippen LogP contribution is 2.36. The lowest BCUT2D eigenvalue weighted by molar-refractivity contribution is 0.616. The molecular weight excluding hydrogens is 220 g/mol. The van der Waals surface area contributed by atoms with Crippen LogP contribution in [0.15, 0.2) is 24.3 Å². The van der Waals surface area contributed by atoms with Crippen molar-refractivity contribution in [3.63, 3.8) is 0 Å². The Morgan fingerprint density at radius 2 is 2.00 bits per heavy atom. The van der Waals surface area contributed by atoms with Crippen LogP contribution in [0.1, 0.15) is 58.1 Å². The lowest BCUT2D eigenvalue weighted by Crippen LogP contribution is -2.35. The van der Waals surface area contributed by atoms with E-state index in [4.69, 9.17) is 5.73 Å². The second kappa shape index (κ2) is 5.75. The van der Waals surface area contributed by atoms with Crippen LogP contribution in [0, 0.1) is 0 Å². The number of nitrogens with zero attached hydrogens (tertiary/aromatic N) is 1. The molecule has 0 bridgehead atoms. The molecule has 0 radical (unpaired) electrons. The first-order valence-corrected chi connectivity index (χ1v) is 7.31. The standard InChI is InChI=1S/C16H26N2/c1-4-13-11-10-12(3)18(13)16-9-7-6-8-14(16)15(17)5-2/h6-9,12-13,15H,4-5,10-11,17H2,1-3H3/t12?,13?,15-/m1/s1. The molecule has 0 aliphatic carbocycles. The first-order chi connectivity index (χ1) is 8.69. The van der Waals surface area contributed by atoms with Crippen molar-refractivity contribution in [3.05, 3.63) is 29.8 Å². The zero-order chi connectivity index (χ0) is 13.1. The fourth-order valence-corrected chi connectivity index (χ4v) is 3.16. The van der Waals surface area contributed by atoms with Gasteiger partial charge in [-0.2, -0.15) is 0 Å². The van der Waals surface area contributed by atoms with Gasteiger partial charge in [-0.3, -0.25) is 0 Å². The number of hydrogen-bond donors (Lipinski definition) is 1. The molecule has 2 nitrogen and oxygen atoms in total. The van der Waals surface area contributed by atoms with Crippen LogP contribution >= 0.6 is 0 Å². The molecule has 1 saturated heterocycles. The lowest BCUT2D eigenvalue weighted by atomic mass is 10.0. The number of para-hydroxylation sites is 1. The van der Waals surface area contributed by atoms with Gasteiger partial charge in [-0.15, -0.1) is 0 Å². The molecule has 0 spiro atoms. The van der Waals surface area contributed by atoms with Crippen LogP contribution in [0.2, 0.25) is 0 Å². The van der Waals surface area contributed by atoms with Gasteiger partial charge >= 0.3 is 0 Å². The molecule has 1 fully saturated rings. The second-order valence-corrected chi connectivity index (χ2v) is 5.47. The van der Waals surface area contributed by atoms with Gasteiger partial charge in [0.25, 0.3) is 0 Å². The average molecular weight is 246 g/mol. The van der Waals surface area contributed by atoms with E-state index in [1.807, 2.05) is 0 Å². The van der Waals surface area contributed by atoms with Gasteiger partial charge in [-0.25, -0.2) is 0 Å². The first-order valence-electron chi connectivity index (χ1n) is 7.31. The molecule has 18 heavy (non-hydrogen) atoms. The number of hydrogen-bond acceptors (Lipinski definition) is 2. The van der Waals surface area contributed by atoms with Crippen LogP contribution in [0.5, 0.6) is 0 Å². The van der Waals surface area contributed by atoms with E-state index < -0.39 is 0 Å². The topological polar surface area (TPSA) is 29.3 Å². The minimum absolute atomic E-state index is 0.159. The maximum atomic E-state index is 6.27. The largest absolute Gasteiger partial charge is 0.366 e. The van der Waals surface area contributed by atoms with Crippen LogP contribution < -0.4 is 10.6 Å². The molecule has 0 aromatic heterocycles. The molecule has 100 valence electrons. The summed E-state index contributed by atoms with van der Waals surface area (Å²) < 4.78 is 0. The normalized spacial score (nSPS) is 25.4. The Labute approximate surface area is 111 Å². The van der Waals surface area contributed by atoms with E-state index in [0.717, 1.165) is 6.42 Å². The van der Waals surface area contributed by atoms with E-state index in [-0.39, 0.29) is 6.04 Å². The Hall–Kier alpha value is -1.02. The van der Waals surface area contributed by atoms with E-state index >= 15 is 0 Å². The zero-order valence-corrected chi connectivity index (χ0v) is 11.9. The third kappa shape index (κ3) is 2.39. The number of rotatable bonds is 4. The van der Waals surface area contributed by atoms with Crippen LogP contribution in [-0.2, 0) is 0 Å². The molecule has 2 rings (SSSR count). The lowest BCUT2D eigenvalue weighted by Gasteiger charge is -2.33. The highest BCUT2D eigenvalue weighted by molar-refractivity contribution is 5.57. The summed E-state index contributed by atoms with van der Waals surface area (Å²) in [4.78, 5) is 2.60. The van der Waals surface area contributed by atoms with Crippen molar-refractivity contribution in [2.24, 2.45) is 5.73 Å². The predicted molar refractivity (Wildman–Crippen MR) is 78.9 cm³/mol. The molecular formula is C16H26N2. The van der Waals surface area contributed by atoms with Gasteiger partial charge in [0.1, 0.15) is 0 Å². The third-order valence-corrected chi connectivity index (χ3v) is 4.31. The fraction of sp³-hybridized carbons (Fsp3) is 0.625. The molecule has 1 heterocycles. The SMILES string of the molecule is CCC1CCC(C)N1c1ccccc1[C@H](N)CC. The second-order valence-electron chi connectivity index (χ2n) is 5.47. The molecule has 1 aromatic rings. The van der Waals surface area contributed by atoms with Crippen LogP contribution in [0.25, 0.3) is 0 Å². The van der Waals surface area contributed by atoms with Crippen molar-refractivity contribution < 1.29 is 0 Å². The molecule has 0 amide bonds. The summed E-state index contributed by atoms with van der Waals surface area (Å²) >= 11 is 0. The summed E-state index contributed by atoms with van der Waals surface area (Å²) in [6.07, 6.45) is 4.83. The smallest absolute Gasteiger partial charge is 0.0419 e. The van der Waals surface area contributed by atoms with E-state index in [1.54, 1.807) is 0 Å². The monoisotopic (exact) mass is 246 g/mol. The summed E-state index contributed by atoms with van der Waals surface area (Å²) in [5.41, 5.74) is 8.95. The summed E-state index contributed by atoms with van der Waals surface area (Å²) in [6.45, 7) is 6.79. The Morgan fingerprint density at radius 1 is 1.28 bits per heavy atom. The van der Waals surface area contributed by atoms with Gasteiger partial charge in [-0.1, -0.05) is 32.0 Å². The van der Waals surface area contributed by atoms with Gasteiger partial charge < -0.3 is 10.6 Å². The average Bonchev–Trinajstić information content (AvgIpc) is 2.78. The minimum atomic E-state index is 0.159. The number of nitrogens with two attached hydrogens (primary N) is 1. The molecule has 2 heteroatoms. The van der Waals surface area contributed by atoms with Gasteiger partial charge in [0, 0.05) is 23.8 Å². The van der Waals surface area contributed by atoms with Crippen LogP contribution in [0.3, 0.4) is 0 Å². The summed E-state index contributed by atoms with van der Waals surface area (Å²) in [6, 6.07) is 10.2. The highest BCUT2D eigenvalue weighted by atomic mass is 15.2. The Balaban J connectivity index is 2.37. The summed E-state index contributed by atoms with van der Waals surface area (Å²) in [5, 5.41) is 0. The van der Waals surface area contributed by atoms with Crippen molar-refractivity contribution in [3.8, 4) is 0 Å². The first kappa shape index (κ1) is 13.4. The van der Waals surface area contributed by atoms with E-state index in [2.05, 4.69) is 49.9 Å². The van der Waals surface area contributed by atoms with E-state index in [9.17, 15) is 0 Å². The predicted octanol–water partition coefficient (Wildman–Crippen LogP) is 3.86. The number of benzene rings is 1. The van der Waals surface area contributed by atoms with Crippen molar-refractivity contribution >= 4 is 5.69 Å². The van der Waals surface area contributed by atoms with Crippen molar-refractivity contribution in [2.75, 3.05) is 4.90 Å². The highest BCUT2D eigenvalue weighted by Gasteiger charge is 2.31. The molecule has 2 N–H and O–H groups in total. The number of anilines is 1. The zero-order valence-electron chi connectivity index (χ0n) is 11.9. The maximum absolute atomic E-state index is 6.27. The maximum Gasteiger partial charge on any atom is 0.0419 e. The Bertz CT molecular complexity index is 388. The van der Waals surface area contributed by atoms with Crippen LogP contribution in [-0.4, -0.2) is 12.1 Å². The van der Waals surface area contributed by atoms with Crippen molar-refractivity contribution in [1.82, 2.24) is 0 Å². The quantitative estimate of drug-likeness (QED) is 0.874. The summed E-state index contributed by atoms with van der Waals surface area (Å²) in [5.74, 6) is 0. The van der Waals surface area contributed by atoms with Crippen molar-refractivity contribution in [2.45, 2.75) is 64.6 Å². The van der Waals surface area contributed by atoms with E-state index in [1.165, 1.54) is 30.5 Å².